The SMILES string of the molecule is NC(=S)C(NS(=O)(=O)CC1CC1)C1CC1. The second-order valence-electron chi connectivity index (χ2n) is 4.56. The molecule has 0 aromatic rings. The van der Waals surface area contributed by atoms with E-state index in [4.69, 9.17) is 18.0 Å². The topological polar surface area (TPSA) is 72.2 Å². The molecule has 2 rings (SSSR count). The second-order valence-corrected chi connectivity index (χ2v) is 6.83. The third kappa shape index (κ3) is 3.39. The molecule has 1 unspecified atom stereocenters. The molecule has 15 heavy (non-hydrogen) atoms. The normalized spacial score (nSPS) is 23.7. The van der Waals surface area contributed by atoms with Gasteiger partial charge in [-0.1, -0.05) is 12.2 Å². The van der Waals surface area contributed by atoms with Crippen LogP contribution in [0.1, 0.15) is 25.7 Å². The first-order chi connectivity index (χ1) is 6.98. The molecule has 2 fully saturated rings. The molecule has 0 aromatic heterocycles. The number of nitrogens with one attached hydrogen (secondary N) is 1. The fourth-order valence-electron chi connectivity index (χ4n) is 1.65. The van der Waals surface area contributed by atoms with Crippen LogP contribution >= 0.6 is 12.2 Å². The fourth-order valence-corrected chi connectivity index (χ4v) is 3.73. The van der Waals surface area contributed by atoms with E-state index in [1.54, 1.807) is 0 Å². The molecule has 6 heteroatoms. The highest BCUT2D eigenvalue weighted by atomic mass is 32.2. The lowest BCUT2D eigenvalue weighted by molar-refractivity contribution is 0.561. The summed E-state index contributed by atoms with van der Waals surface area (Å²) >= 11 is 4.88. The fraction of sp³-hybridized carbons (Fsp3) is 0.889. The first-order valence-corrected chi connectivity index (χ1v) is 7.33. The molecule has 2 aliphatic rings. The molecular formula is C9H16N2O2S2. The Morgan fingerprint density at radius 2 is 2.00 bits per heavy atom. The Morgan fingerprint density at radius 1 is 1.40 bits per heavy atom. The van der Waals surface area contributed by atoms with Crippen LogP contribution in [0.4, 0.5) is 0 Å². The van der Waals surface area contributed by atoms with Crippen molar-refractivity contribution in [1.82, 2.24) is 4.72 Å². The number of thiocarbonyl (C=S) groups is 1. The van der Waals surface area contributed by atoms with Crippen molar-refractivity contribution in [2.75, 3.05) is 5.75 Å². The molecule has 0 aliphatic heterocycles. The van der Waals surface area contributed by atoms with E-state index in [9.17, 15) is 8.42 Å². The van der Waals surface area contributed by atoms with E-state index in [1.807, 2.05) is 0 Å². The molecule has 0 bridgehead atoms. The lowest BCUT2D eigenvalue weighted by Crippen LogP contribution is -2.45. The van der Waals surface area contributed by atoms with Gasteiger partial charge < -0.3 is 5.73 Å². The van der Waals surface area contributed by atoms with Gasteiger partial charge in [-0.05, 0) is 37.5 Å². The minimum atomic E-state index is -3.19. The van der Waals surface area contributed by atoms with Crippen LogP contribution in [0.2, 0.25) is 0 Å². The lowest BCUT2D eigenvalue weighted by atomic mass is 10.2. The predicted octanol–water partition coefficient (Wildman–Crippen LogP) is 0.380. The lowest BCUT2D eigenvalue weighted by Gasteiger charge is -2.16. The highest BCUT2D eigenvalue weighted by Crippen LogP contribution is 2.34. The van der Waals surface area contributed by atoms with Gasteiger partial charge in [0, 0.05) is 0 Å². The van der Waals surface area contributed by atoms with Crippen LogP contribution in [0.25, 0.3) is 0 Å². The minimum Gasteiger partial charge on any atom is -0.392 e. The van der Waals surface area contributed by atoms with Gasteiger partial charge in [0.25, 0.3) is 0 Å². The van der Waals surface area contributed by atoms with Crippen molar-refractivity contribution < 1.29 is 8.42 Å². The summed E-state index contributed by atoms with van der Waals surface area (Å²) in [6, 6.07) is -0.316. The summed E-state index contributed by atoms with van der Waals surface area (Å²) in [7, 11) is -3.19. The maximum atomic E-state index is 11.7. The van der Waals surface area contributed by atoms with Crippen molar-refractivity contribution in [3.05, 3.63) is 0 Å². The van der Waals surface area contributed by atoms with E-state index < -0.39 is 10.0 Å². The molecule has 0 amide bonds. The Balaban J connectivity index is 1.94. The minimum absolute atomic E-state index is 0.235. The van der Waals surface area contributed by atoms with Crippen LogP contribution in [0.15, 0.2) is 0 Å². The molecule has 2 saturated carbocycles. The summed E-state index contributed by atoms with van der Waals surface area (Å²) in [4.78, 5) is 0.275. The summed E-state index contributed by atoms with van der Waals surface area (Å²) < 4.78 is 26.0. The molecule has 2 aliphatic carbocycles. The largest absolute Gasteiger partial charge is 0.392 e. The van der Waals surface area contributed by atoms with Crippen molar-refractivity contribution in [2.45, 2.75) is 31.7 Å². The van der Waals surface area contributed by atoms with Gasteiger partial charge in [0.05, 0.1) is 16.8 Å². The summed E-state index contributed by atoms with van der Waals surface area (Å²) in [5, 5.41) is 0. The van der Waals surface area contributed by atoms with Crippen LogP contribution in [-0.2, 0) is 10.0 Å². The van der Waals surface area contributed by atoms with Gasteiger partial charge in [-0.15, -0.1) is 0 Å². The standard InChI is InChI=1S/C9H16N2O2S2/c10-9(14)8(7-3-4-7)11-15(12,13)5-6-1-2-6/h6-8,11H,1-5H2,(H2,10,14). The number of hydrogen-bond acceptors (Lipinski definition) is 3. The van der Waals surface area contributed by atoms with Crippen LogP contribution in [0.5, 0.6) is 0 Å². The van der Waals surface area contributed by atoms with Gasteiger partial charge in [0.2, 0.25) is 10.0 Å². The van der Waals surface area contributed by atoms with E-state index in [0.29, 0.717) is 11.8 Å². The van der Waals surface area contributed by atoms with E-state index in [-0.39, 0.29) is 16.8 Å². The Hall–Kier alpha value is -0.200. The number of hydrogen-bond donors (Lipinski definition) is 2. The molecule has 0 heterocycles. The number of rotatable bonds is 6. The average Bonchev–Trinajstić information content (AvgIpc) is 2.92. The van der Waals surface area contributed by atoms with E-state index in [1.165, 1.54) is 0 Å². The van der Waals surface area contributed by atoms with Crippen LogP contribution in [0, 0.1) is 11.8 Å². The third-order valence-electron chi connectivity index (χ3n) is 2.86. The Kier molecular flexibility index (Phi) is 3.00. The maximum Gasteiger partial charge on any atom is 0.212 e. The van der Waals surface area contributed by atoms with E-state index in [2.05, 4.69) is 4.72 Å². The molecular weight excluding hydrogens is 232 g/mol. The summed E-state index contributed by atoms with van der Waals surface area (Å²) in [5.74, 6) is 0.920. The van der Waals surface area contributed by atoms with Crippen molar-refractivity contribution in [3.63, 3.8) is 0 Å². The molecule has 0 saturated heterocycles. The van der Waals surface area contributed by atoms with Gasteiger partial charge in [-0.2, -0.15) is 0 Å². The van der Waals surface area contributed by atoms with Crippen LogP contribution in [0.3, 0.4) is 0 Å². The molecule has 0 aromatic carbocycles. The zero-order valence-corrected chi connectivity index (χ0v) is 10.1. The molecule has 0 radical (unpaired) electrons. The quantitative estimate of drug-likeness (QED) is 0.667. The van der Waals surface area contributed by atoms with Crippen LogP contribution < -0.4 is 10.5 Å². The Morgan fingerprint density at radius 3 is 2.40 bits per heavy atom. The van der Waals surface area contributed by atoms with E-state index >= 15 is 0 Å². The number of sulfonamides is 1. The van der Waals surface area contributed by atoms with Gasteiger partial charge in [-0.25, -0.2) is 13.1 Å². The Bertz CT molecular complexity index is 358. The first kappa shape index (κ1) is 11.3. The van der Waals surface area contributed by atoms with E-state index in [0.717, 1.165) is 25.7 Å². The maximum absolute atomic E-state index is 11.7. The van der Waals surface area contributed by atoms with Gasteiger partial charge in [-0.3, -0.25) is 0 Å². The predicted molar refractivity (Wildman–Crippen MR) is 62.9 cm³/mol. The van der Waals surface area contributed by atoms with Gasteiger partial charge >= 0.3 is 0 Å². The molecule has 4 nitrogen and oxygen atoms in total. The monoisotopic (exact) mass is 248 g/mol. The summed E-state index contributed by atoms with van der Waals surface area (Å²) in [6.07, 6.45) is 4.10. The highest BCUT2D eigenvalue weighted by Gasteiger charge is 2.37. The molecule has 3 N–H and O–H groups in total. The van der Waals surface area contributed by atoms with Gasteiger partial charge in [0.1, 0.15) is 0 Å². The third-order valence-corrected chi connectivity index (χ3v) is 4.64. The molecule has 1 atom stereocenters. The van der Waals surface area contributed by atoms with Crippen molar-refractivity contribution in [3.8, 4) is 0 Å². The number of nitrogens with two attached hydrogens (primary N) is 1. The first-order valence-electron chi connectivity index (χ1n) is 5.27. The summed E-state index contributed by atoms with van der Waals surface area (Å²) in [6.45, 7) is 0. The van der Waals surface area contributed by atoms with Gasteiger partial charge in [0.15, 0.2) is 0 Å². The molecule has 0 spiro atoms. The van der Waals surface area contributed by atoms with Crippen molar-refractivity contribution >= 4 is 27.2 Å². The average molecular weight is 248 g/mol. The second kappa shape index (κ2) is 3.99. The highest BCUT2D eigenvalue weighted by molar-refractivity contribution is 7.89. The van der Waals surface area contributed by atoms with Crippen LogP contribution in [-0.4, -0.2) is 25.2 Å². The summed E-state index contributed by atoms with van der Waals surface area (Å²) in [5.41, 5.74) is 5.54. The molecule has 86 valence electrons. The van der Waals surface area contributed by atoms with Crippen molar-refractivity contribution in [1.29, 1.82) is 0 Å². The smallest absolute Gasteiger partial charge is 0.212 e. The van der Waals surface area contributed by atoms with Crippen molar-refractivity contribution in [2.24, 2.45) is 17.6 Å². The Labute approximate surface area is 95.7 Å². The zero-order chi connectivity index (χ0) is 11.1. The zero-order valence-electron chi connectivity index (χ0n) is 8.48.